The summed E-state index contributed by atoms with van der Waals surface area (Å²) in [6, 6.07) is 11.5. The molecule has 0 radical (unpaired) electrons. The van der Waals surface area contributed by atoms with Crippen LogP contribution in [0.2, 0.25) is 0 Å². The Kier molecular flexibility index (Phi) is 4.62. The molecule has 1 aliphatic rings. The van der Waals surface area contributed by atoms with Crippen LogP contribution in [0.3, 0.4) is 0 Å². The van der Waals surface area contributed by atoms with Crippen molar-refractivity contribution in [1.82, 2.24) is 14.9 Å². The zero-order valence-corrected chi connectivity index (χ0v) is 14.9. The molecule has 1 aliphatic heterocycles. The van der Waals surface area contributed by atoms with Gasteiger partial charge in [-0.1, -0.05) is 12.1 Å². The lowest BCUT2D eigenvalue weighted by atomic mass is 10.1. The van der Waals surface area contributed by atoms with E-state index in [1.807, 2.05) is 23.1 Å². The van der Waals surface area contributed by atoms with Gasteiger partial charge in [0.15, 0.2) is 0 Å². The van der Waals surface area contributed by atoms with Gasteiger partial charge in [-0.3, -0.25) is 9.78 Å². The second-order valence-electron chi connectivity index (χ2n) is 6.56. The number of hydrogen-bond donors (Lipinski definition) is 0. The van der Waals surface area contributed by atoms with Crippen molar-refractivity contribution in [1.29, 1.82) is 0 Å². The zero-order chi connectivity index (χ0) is 19.7. The molecule has 144 valence electrons. The number of amides is 1. The predicted octanol–water partition coefficient (Wildman–Crippen LogP) is 3.61. The first-order valence-corrected chi connectivity index (χ1v) is 8.85. The molecule has 1 fully saturated rings. The highest BCUT2D eigenvalue weighted by Gasteiger charge is 2.31. The Labute approximate surface area is 159 Å². The van der Waals surface area contributed by atoms with Crippen molar-refractivity contribution in [3.63, 3.8) is 0 Å². The number of carbonyl (C=O) groups is 1. The summed E-state index contributed by atoms with van der Waals surface area (Å²) in [6.45, 7) is 1.95. The molecule has 5 nitrogen and oxygen atoms in total. The fourth-order valence-electron chi connectivity index (χ4n) is 3.34. The number of carbonyl (C=O) groups excluding carboxylic acids is 1. The Balaban J connectivity index is 1.46. The number of halogens is 3. The second kappa shape index (κ2) is 7.10. The smallest absolute Gasteiger partial charge is 0.353 e. The van der Waals surface area contributed by atoms with Crippen molar-refractivity contribution >= 4 is 22.6 Å². The standard InChI is InChI=1S/C20H17F3N4O/c21-20(22,23)14-6-7-18(25-13-14)26-9-11-27(12-10-26)19(28)16-3-1-5-17-15(16)4-2-8-24-17/h1-8,13H,9-12H2. The molecular weight excluding hydrogens is 369 g/mol. The maximum absolute atomic E-state index is 13.0. The average Bonchev–Trinajstić information content (AvgIpc) is 2.72. The van der Waals surface area contributed by atoms with Crippen LogP contribution in [0.1, 0.15) is 15.9 Å². The van der Waals surface area contributed by atoms with Crippen LogP contribution < -0.4 is 4.90 Å². The van der Waals surface area contributed by atoms with Crippen LogP contribution in [0.4, 0.5) is 19.0 Å². The third kappa shape index (κ3) is 3.49. The van der Waals surface area contributed by atoms with Gasteiger partial charge in [-0.05, 0) is 30.3 Å². The van der Waals surface area contributed by atoms with Crippen LogP contribution in [0.5, 0.6) is 0 Å². The first kappa shape index (κ1) is 18.2. The Bertz CT molecular complexity index is 991. The summed E-state index contributed by atoms with van der Waals surface area (Å²) in [7, 11) is 0. The molecule has 3 heterocycles. The van der Waals surface area contributed by atoms with Crippen LogP contribution in [0, 0.1) is 0 Å². The summed E-state index contributed by atoms with van der Waals surface area (Å²) in [4.78, 5) is 24.8. The number of alkyl halides is 3. The normalized spacial score (nSPS) is 15.1. The summed E-state index contributed by atoms with van der Waals surface area (Å²) < 4.78 is 38.0. The molecular formula is C20H17F3N4O. The van der Waals surface area contributed by atoms with Crippen LogP contribution in [0.15, 0.2) is 54.9 Å². The van der Waals surface area contributed by atoms with Gasteiger partial charge in [-0.15, -0.1) is 0 Å². The number of nitrogens with zero attached hydrogens (tertiary/aromatic N) is 4. The summed E-state index contributed by atoms with van der Waals surface area (Å²) in [5.41, 5.74) is 0.599. The largest absolute Gasteiger partial charge is 0.417 e. The highest BCUT2D eigenvalue weighted by molar-refractivity contribution is 6.06. The van der Waals surface area contributed by atoms with Gasteiger partial charge >= 0.3 is 6.18 Å². The molecule has 28 heavy (non-hydrogen) atoms. The lowest BCUT2D eigenvalue weighted by Gasteiger charge is -2.35. The molecule has 0 atom stereocenters. The zero-order valence-electron chi connectivity index (χ0n) is 14.9. The van der Waals surface area contributed by atoms with Gasteiger partial charge in [0.25, 0.3) is 5.91 Å². The number of benzene rings is 1. The number of fused-ring (bicyclic) bond motifs is 1. The van der Waals surface area contributed by atoms with E-state index in [1.54, 1.807) is 23.2 Å². The van der Waals surface area contributed by atoms with E-state index in [9.17, 15) is 18.0 Å². The summed E-state index contributed by atoms with van der Waals surface area (Å²) in [5.74, 6) is 0.410. The third-order valence-corrected chi connectivity index (χ3v) is 4.84. The van der Waals surface area contributed by atoms with Crippen molar-refractivity contribution in [3.8, 4) is 0 Å². The Hall–Kier alpha value is -3.16. The van der Waals surface area contributed by atoms with Crippen LogP contribution in [-0.4, -0.2) is 47.0 Å². The van der Waals surface area contributed by atoms with E-state index in [0.717, 1.165) is 23.2 Å². The van der Waals surface area contributed by atoms with E-state index in [0.29, 0.717) is 37.6 Å². The van der Waals surface area contributed by atoms with Crippen LogP contribution >= 0.6 is 0 Å². The number of anilines is 1. The van der Waals surface area contributed by atoms with E-state index < -0.39 is 11.7 Å². The van der Waals surface area contributed by atoms with Gasteiger partial charge in [0, 0.05) is 49.5 Å². The van der Waals surface area contributed by atoms with Crippen molar-refractivity contribution in [3.05, 3.63) is 66.0 Å². The molecule has 1 amide bonds. The fourth-order valence-corrected chi connectivity index (χ4v) is 3.34. The lowest BCUT2D eigenvalue weighted by molar-refractivity contribution is -0.137. The van der Waals surface area contributed by atoms with Crippen molar-refractivity contribution in [2.75, 3.05) is 31.1 Å². The predicted molar refractivity (Wildman–Crippen MR) is 99.1 cm³/mol. The van der Waals surface area contributed by atoms with Crippen molar-refractivity contribution < 1.29 is 18.0 Å². The molecule has 1 saturated heterocycles. The quantitative estimate of drug-likeness (QED) is 0.675. The van der Waals surface area contributed by atoms with E-state index in [-0.39, 0.29) is 5.91 Å². The van der Waals surface area contributed by atoms with E-state index in [4.69, 9.17) is 0 Å². The lowest BCUT2D eigenvalue weighted by Crippen LogP contribution is -2.49. The molecule has 0 saturated carbocycles. The average molecular weight is 386 g/mol. The van der Waals surface area contributed by atoms with Gasteiger partial charge in [-0.25, -0.2) is 4.98 Å². The third-order valence-electron chi connectivity index (χ3n) is 4.84. The molecule has 0 N–H and O–H groups in total. The summed E-state index contributed by atoms with van der Waals surface area (Å²) >= 11 is 0. The van der Waals surface area contributed by atoms with E-state index in [1.165, 1.54) is 6.07 Å². The Morgan fingerprint density at radius 1 is 0.929 bits per heavy atom. The molecule has 3 aromatic rings. The summed E-state index contributed by atoms with van der Waals surface area (Å²) in [5, 5.41) is 0.807. The molecule has 8 heteroatoms. The van der Waals surface area contributed by atoms with Crippen molar-refractivity contribution in [2.24, 2.45) is 0 Å². The molecule has 0 unspecified atom stereocenters. The maximum atomic E-state index is 13.0. The first-order valence-electron chi connectivity index (χ1n) is 8.85. The van der Waals surface area contributed by atoms with Gasteiger partial charge < -0.3 is 9.80 Å². The fraction of sp³-hybridized carbons (Fsp3) is 0.250. The van der Waals surface area contributed by atoms with Crippen LogP contribution in [-0.2, 0) is 6.18 Å². The monoisotopic (exact) mass is 386 g/mol. The number of aromatic nitrogens is 2. The molecule has 2 aromatic heterocycles. The van der Waals surface area contributed by atoms with Gasteiger partial charge in [0.05, 0.1) is 11.1 Å². The Morgan fingerprint density at radius 3 is 2.39 bits per heavy atom. The highest BCUT2D eigenvalue weighted by Crippen LogP contribution is 2.29. The summed E-state index contributed by atoms with van der Waals surface area (Å²) in [6.07, 6.45) is -1.87. The molecule has 0 spiro atoms. The SMILES string of the molecule is O=C(c1cccc2ncccc12)N1CCN(c2ccc(C(F)(F)F)cn2)CC1. The van der Waals surface area contributed by atoms with Crippen LogP contribution in [0.25, 0.3) is 10.9 Å². The minimum Gasteiger partial charge on any atom is -0.353 e. The first-order chi connectivity index (χ1) is 13.4. The maximum Gasteiger partial charge on any atom is 0.417 e. The van der Waals surface area contributed by atoms with Gasteiger partial charge in [0.2, 0.25) is 0 Å². The Morgan fingerprint density at radius 2 is 1.71 bits per heavy atom. The minimum absolute atomic E-state index is 0.0707. The number of piperazine rings is 1. The topological polar surface area (TPSA) is 49.3 Å². The second-order valence-corrected chi connectivity index (χ2v) is 6.56. The molecule has 0 bridgehead atoms. The molecule has 0 aliphatic carbocycles. The number of rotatable bonds is 2. The van der Waals surface area contributed by atoms with E-state index in [2.05, 4.69) is 9.97 Å². The van der Waals surface area contributed by atoms with Gasteiger partial charge in [-0.2, -0.15) is 13.2 Å². The minimum atomic E-state index is -4.40. The number of pyridine rings is 2. The highest BCUT2D eigenvalue weighted by atomic mass is 19.4. The van der Waals surface area contributed by atoms with E-state index >= 15 is 0 Å². The molecule has 1 aromatic carbocycles. The van der Waals surface area contributed by atoms with Gasteiger partial charge in [0.1, 0.15) is 5.82 Å². The molecule has 4 rings (SSSR count). The number of hydrogen-bond acceptors (Lipinski definition) is 4. The van der Waals surface area contributed by atoms with Crippen molar-refractivity contribution in [2.45, 2.75) is 6.18 Å².